The van der Waals surface area contributed by atoms with E-state index in [2.05, 4.69) is 10.4 Å². The summed E-state index contributed by atoms with van der Waals surface area (Å²) in [5.41, 5.74) is 0.602. The third kappa shape index (κ3) is 4.19. The predicted octanol–water partition coefficient (Wildman–Crippen LogP) is 3.86. The van der Waals surface area contributed by atoms with E-state index >= 15 is 0 Å². The van der Waals surface area contributed by atoms with Gasteiger partial charge in [-0.15, -0.1) is 0 Å². The third-order valence-corrected chi connectivity index (χ3v) is 7.48. The zero-order valence-corrected chi connectivity index (χ0v) is 20.0. The number of ether oxygens (including phenoxy) is 1. The summed E-state index contributed by atoms with van der Waals surface area (Å²) >= 11 is 0. The van der Waals surface area contributed by atoms with Gasteiger partial charge < -0.3 is 14.5 Å². The first-order valence-electron chi connectivity index (χ1n) is 12.1. The van der Waals surface area contributed by atoms with Gasteiger partial charge in [0.2, 0.25) is 0 Å². The fourth-order valence-corrected chi connectivity index (χ4v) is 5.42. The van der Waals surface area contributed by atoms with Crippen molar-refractivity contribution in [3.8, 4) is 5.75 Å². The second-order valence-electron chi connectivity index (χ2n) is 9.61. The highest BCUT2D eigenvalue weighted by Crippen LogP contribution is 2.37. The van der Waals surface area contributed by atoms with Crippen LogP contribution in [0.15, 0.2) is 52.2 Å². The van der Waals surface area contributed by atoms with Gasteiger partial charge in [-0.3, -0.25) is 14.5 Å². The molecule has 0 spiro atoms. The van der Waals surface area contributed by atoms with Crippen LogP contribution in [0, 0.1) is 5.92 Å². The Morgan fingerprint density at radius 3 is 2.57 bits per heavy atom. The third-order valence-electron chi connectivity index (χ3n) is 7.48. The number of benzene rings is 1. The van der Waals surface area contributed by atoms with Crippen LogP contribution in [0.3, 0.4) is 0 Å². The molecule has 184 valence electrons. The van der Waals surface area contributed by atoms with Crippen molar-refractivity contribution in [2.24, 2.45) is 11.0 Å². The molecule has 5 rings (SSSR count). The van der Waals surface area contributed by atoms with Gasteiger partial charge in [-0.25, -0.2) is 9.80 Å². The Hall–Kier alpha value is -3.62. The Morgan fingerprint density at radius 2 is 1.91 bits per heavy atom. The molecule has 2 aliphatic heterocycles. The first-order chi connectivity index (χ1) is 16.9. The van der Waals surface area contributed by atoms with Gasteiger partial charge in [0.15, 0.2) is 0 Å². The van der Waals surface area contributed by atoms with Crippen LogP contribution < -0.4 is 10.1 Å². The topological polar surface area (TPSA) is 104 Å². The number of furan rings is 1. The van der Waals surface area contributed by atoms with Gasteiger partial charge in [0.1, 0.15) is 29.6 Å². The van der Waals surface area contributed by atoms with Gasteiger partial charge in [-0.2, -0.15) is 5.10 Å². The molecule has 0 bridgehead atoms. The summed E-state index contributed by atoms with van der Waals surface area (Å²) in [6.45, 7) is 1.42. The lowest BCUT2D eigenvalue weighted by atomic mass is 9.75. The van der Waals surface area contributed by atoms with Crippen molar-refractivity contribution in [3.05, 3.63) is 54.0 Å². The van der Waals surface area contributed by atoms with E-state index in [1.54, 1.807) is 32.4 Å². The SMILES string of the molecule is COc1ccc(C2=NN(C(=O)CN3C(=O)NC(C)(C4CCCCC4)C3=O)C(c3ccco3)C2)cc1. The minimum Gasteiger partial charge on any atom is -0.497 e. The molecular formula is C26H30N4O5. The van der Waals surface area contributed by atoms with Crippen LogP contribution in [-0.2, 0) is 9.59 Å². The fourth-order valence-electron chi connectivity index (χ4n) is 5.42. The molecule has 2 aromatic rings. The van der Waals surface area contributed by atoms with E-state index in [9.17, 15) is 14.4 Å². The summed E-state index contributed by atoms with van der Waals surface area (Å²) in [5.74, 6) is 0.620. The number of carbonyl (C=O) groups is 3. The van der Waals surface area contributed by atoms with E-state index in [1.807, 2.05) is 24.3 Å². The van der Waals surface area contributed by atoms with Gasteiger partial charge >= 0.3 is 6.03 Å². The van der Waals surface area contributed by atoms with Crippen molar-refractivity contribution in [1.82, 2.24) is 15.2 Å². The molecule has 1 N–H and O–H groups in total. The van der Waals surface area contributed by atoms with Gasteiger partial charge in [-0.05, 0) is 67.6 Å². The highest BCUT2D eigenvalue weighted by Gasteiger charge is 2.53. The van der Waals surface area contributed by atoms with Crippen molar-refractivity contribution in [3.63, 3.8) is 0 Å². The minimum atomic E-state index is -0.971. The van der Waals surface area contributed by atoms with Gasteiger partial charge in [0.25, 0.3) is 11.8 Å². The largest absolute Gasteiger partial charge is 0.497 e. The minimum absolute atomic E-state index is 0.0788. The van der Waals surface area contributed by atoms with Gasteiger partial charge in [0, 0.05) is 6.42 Å². The lowest BCUT2D eigenvalue weighted by molar-refractivity contribution is -0.141. The summed E-state index contributed by atoms with van der Waals surface area (Å²) in [7, 11) is 1.60. The average Bonchev–Trinajstić information content (AvgIpc) is 3.61. The molecule has 9 nitrogen and oxygen atoms in total. The van der Waals surface area contributed by atoms with Crippen LogP contribution in [-0.4, -0.2) is 52.7 Å². The lowest BCUT2D eigenvalue weighted by Crippen LogP contribution is -2.51. The Balaban J connectivity index is 1.37. The number of hydrogen-bond acceptors (Lipinski definition) is 6. The molecule has 2 atom stereocenters. The van der Waals surface area contributed by atoms with Crippen molar-refractivity contribution >= 4 is 23.6 Å². The highest BCUT2D eigenvalue weighted by molar-refractivity contribution is 6.09. The molecule has 3 aliphatic rings. The van der Waals surface area contributed by atoms with E-state index in [0.29, 0.717) is 17.9 Å². The number of rotatable bonds is 6. The maximum atomic E-state index is 13.4. The van der Waals surface area contributed by atoms with E-state index in [4.69, 9.17) is 9.15 Å². The number of urea groups is 1. The lowest BCUT2D eigenvalue weighted by Gasteiger charge is -2.34. The Morgan fingerprint density at radius 1 is 1.17 bits per heavy atom. The molecule has 1 aromatic carbocycles. The zero-order chi connectivity index (χ0) is 24.6. The standard InChI is InChI=1S/C26H30N4O5/c1-26(18-7-4-3-5-8-18)24(32)29(25(33)27-26)16-23(31)30-21(22-9-6-14-35-22)15-20(28-30)17-10-12-19(34-2)13-11-17/h6,9-14,18,21H,3-5,7-8,15-16H2,1-2H3,(H,27,33). The average molecular weight is 479 g/mol. The summed E-state index contributed by atoms with van der Waals surface area (Å²) in [4.78, 5) is 40.6. The van der Waals surface area contributed by atoms with Crippen LogP contribution in [0.5, 0.6) is 5.75 Å². The highest BCUT2D eigenvalue weighted by atomic mass is 16.5. The molecular weight excluding hydrogens is 448 g/mol. The second-order valence-corrected chi connectivity index (χ2v) is 9.61. The number of amides is 4. The number of methoxy groups -OCH3 is 1. The van der Waals surface area contributed by atoms with Crippen molar-refractivity contribution in [1.29, 1.82) is 0 Å². The van der Waals surface area contributed by atoms with Crippen LogP contribution >= 0.6 is 0 Å². The maximum Gasteiger partial charge on any atom is 0.325 e. The first-order valence-corrected chi connectivity index (χ1v) is 12.1. The summed E-state index contributed by atoms with van der Waals surface area (Å²) < 4.78 is 10.8. The fraction of sp³-hybridized carbons (Fsp3) is 0.462. The van der Waals surface area contributed by atoms with E-state index in [-0.39, 0.29) is 18.4 Å². The van der Waals surface area contributed by atoms with Crippen molar-refractivity contribution in [2.45, 2.75) is 57.0 Å². The smallest absolute Gasteiger partial charge is 0.325 e. The maximum absolute atomic E-state index is 13.4. The number of nitrogens with zero attached hydrogens (tertiary/aromatic N) is 3. The van der Waals surface area contributed by atoms with E-state index < -0.39 is 23.5 Å². The number of hydrogen-bond donors (Lipinski definition) is 1. The molecule has 4 amide bonds. The van der Waals surface area contributed by atoms with Crippen molar-refractivity contribution < 1.29 is 23.5 Å². The first kappa shape index (κ1) is 23.1. The van der Waals surface area contributed by atoms with Gasteiger partial charge in [-0.1, -0.05) is 19.3 Å². The zero-order valence-electron chi connectivity index (χ0n) is 20.0. The molecule has 2 unspecified atom stereocenters. The Kier molecular flexibility index (Phi) is 6.08. The molecule has 1 aromatic heterocycles. The summed E-state index contributed by atoms with van der Waals surface area (Å²) in [6, 6.07) is 10.0. The Bertz CT molecular complexity index is 1140. The van der Waals surface area contributed by atoms with Gasteiger partial charge in [0.05, 0.1) is 19.1 Å². The molecule has 0 radical (unpaired) electrons. The molecule has 35 heavy (non-hydrogen) atoms. The van der Waals surface area contributed by atoms with E-state index in [0.717, 1.165) is 48.3 Å². The van der Waals surface area contributed by atoms with Crippen LogP contribution in [0.2, 0.25) is 0 Å². The molecule has 2 fully saturated rings. The van der Waals surface area contributed by atoms with Crippen LogP contribution in [0.4, 0.5) is 4.79 Å². The molecule has 1 saturated carbocycles. The molecule has 9 heteroatoms. The molecule has 1 aliphatic carbocycles. The van der Waals surface area contributed by atoms with E-state index in [1.165, 1.54) is 5.01 Å². The normalized spacial score (nSPS) is 25.1. The molecule has 3 heterocycles. The molecule has 1 saturated heterocycles. The summed E-state index contributed by atoms with van der Waals surface area (Å²) in [5, 5.41) is 8.82. The number of hydrazone groups is 1. The van der Waals surface area contributed by atoms with Crippen molar-refractivity contribution in [2.75, 3.05) is 13.7 Å². The van der Waals surface area contributed by atoms with Crippen LogP contribution in [0.25, 0.3) is 0 Å². The number of imide groups is 1. The Labute approximate surface area is 204 Å². The quantitative estimate of drug-likeness (QED) is 0.635. The predicted molar refractivity (Wildman–Crippen MR) is 128 cm³/mol. The summed E-state index contributed by atoms with van der Waals surface area (Å²) in [6.07, 6.45) is 7.03. The number of carbonyl (C=O) groups excluding carboxylic acids is 3. The van der Waals surface area contributed by atoms with Crippen LogP contribution in [0.1, 0.15) is 62.8 Å². The monoisotopic (exact) mass is 478 g/mol. The second kappa shape index (κ2) is 9.20. The number of nitrogens with one attached hydrogen (secondary N) is 1.